The van der Waals surface area contributed by atoms with Gasteiger partial charge in [0.1, 0.15) is 0 Å². The maximum Gasteiger partial charge on any atom is 0.234 e. The minimum absolute atomic E-state index is 0.0370. The molecule has 0 aromatic heterocycles. The van der Waals surface area contributed by atoms with E-state index in [1.165, 1.54) is 6.42 Å². The number of fused-ring (bicyclic) bond motifs is 1. The fraction of sp³-hybridized carbons (Fsp3) is 0.636. The van der Waals surface area contributed by atoms with Crippen molar-refractivity contribution in [3.05, 3.63) is 29.8 Å². The second kappa shape index (κ2) is 8.62. The lowest BCUT2D eigenvalue weighted by atomic mass is 9.92. The van der Waals surface area contributed by atoms with Crippen molar-refractivity contribution in [1.29, 1.82) is 0 Å². The molecule has 1 aromatic rings. The number of morpholine rings is 1. The van der Waals surface area contributed by atoms with Crippen LogP contribution in [0.25, 0.3) is 0 Å². The number of likely N-dealkylation sites (N-methyl/N-ethyl adjacent to an activating group) is 1. The van der Waals surface area contributed by atoms with Crippen LogP contribution in [0.5, 0.6) is 0 Å². The molecule has 1 aromatic carbocycles. The van der Waals surface area contributed by atoms with Gasteiger partial charge in [-0.05, 0) is 43.4 Å². The van der Waals surface area contributed by atoms with E-state index < -0.39 is 0 Å². The number of anilines is 1. The number of rotatable bonds is 5. The number of benzene rings is 1. The third-order valence-electron chi connectivity index (χ3n) is 6.61. The Hall–Kier alpha value is -1.92. The lowest BCUT2D eigenvalue weighted by Crippen LogP contribution is -2.41. The number of hydrogen-bond acceptors (Lipinski definition) is 4. The first-order valence-corrected chi connectivity index (χ1v) is 10.6. The highest BCUT2D eigenvalue weighted by atomic mass is 16.5. The Morgan fingerprint density at radius 2 is 1.82 bits per heavy atom. The molecule has 3 aliphatic heterocycles. The van der Waals surface area contributed by atoms with Crippen molar-refractivity contribution in [2.45, 2.75) is 31.6 Å². The van der Waals surface area contributed by atoms with E-state index in [9.17, 15) is 9.59 Å². The standard InChI is InChI=1S/C22H31N3O3/c1-23-20-5-3-2-4-18(20)19(22(23)27)16-21(26)25-10-7-17(8-11-25)6-9-24-12-14-28-15-13-24/h2-5,17,19H,6-16H2,1H3/t19-/m1/s1. The average molecular weight is 386 g/mol. The minimum Gasteiger partial charge on any atom is -0.379 e. The van der Waals surface area contributed by atoms with E-state index in [1.807, 2.05) is 29.2 Å². The van der Waals surface area contributed by atoms with Crippen LogP contribution in [-0.4, -0.2) is 74.6 Å². The molecule has 2 fully saturated rings. The van der Waals surface area contributed by atoms with Crippen LogP contribution >= 0.6 is 0 Å². The first kappa shape index (κ1) is 19.4. The number of carbonyl (C=O) groups excluding carboxylic acids is 2. The Morgan fingerprint density at radius 1 is 1.11 bits per heavy atom. The zero-order chi connectivity index (χ0) is 19.5. The van der Waals surface area contributed by atoms with Gasteiger partial charge in [0.2, 0.25) is 11.8 Å². The van der Waals surface area contributed by atoms with E-state index in [4.69, 9.17) is 4.74 Å². The average Bonchev–Trinajstić information content (AvgIpc) is 2.98. The number of ether oxygens (including phenoxy) is 1. The van der Waals surface area contributed by atoms with E-state index in [0.29, 0.717) is 12.3 Å². The number of carbonyl (C=O) groups is 2. The second-order valence-corrected chi connectivity index (χ2v) is 8.28. The monoisotopic (exact) mass is 385 g/mol. The molecule has 0 unspecified atom stereocenters. The van der Waals surface area contributed by atoms with E-state index >= 15 is 0 Å². The SMILES string of the molecule is CN1C(=O)[C@H](CC(=O)N2CCC(CCN3CCOCC3)CC2)c2ccccc21. The van der Waals surface area contributed by atoms with Crippen molar-refractivity contribution >= 4 is 17.5 Å². The molecule has 6 nitrogen and oxygen atoms in total. The fourth-order valence-corrected chi connectivity index (χ4v) is 4.74. The molecule has 3 heterocycles. The molecular weight excluding hydrogens is 354 g/mol. The first-order valence-electron chi connectivity index (χ1n) is 10.6. The van der Waals surface area contributed by atoms with Gasteiger partial charge < -0.3 is 14.5 Å². The third-order valence-corrected chi connectivity index (χ3v) is 6.61. The number of likely N-dealkylation sites (tertiary alicyclic amines) is 1. The highest BCUT2D eigenvalue weighted by molar-refractivity contribution is 6.06. The molecular formula is C22H31N3O3. The summed E-state index contributed by atoms with van der Waals surface area (Å²) >= 11 is 0. The molecule has 0 N–H and O–H groups in total. The number of para-hydroxylation sites is 1. The second-order valence-electron chi connectivity index (χ2n) is 8.28. The molecule has 4 rings (SSSR count). The fourth-order valence-electron chi connectivity index (χ4n) is 4.74. The molecule has 0 bridgehead atoms. The van der Waals surface area contributed by atoms with Crippen LogP contribution in [0.1, 0.15) is 37.2 Å². The summed E-state index contributed by atoms with van der Waals surface area (Å²) in [6.07, 6.45) is 3.65. The van der Waals surface area contributed by atoms with Gasteiger partial charge in [0, 0.05) is 45.3 Å². The van der Waals surface area contributed by atoms with Gasteiger partial charge in [0.05, 0.1) is 19.1 Å². The molecule has 28 heavy (non-hydrogen) atoms. The summed E-state index contributed by atoms with van der Waals surface area (Å²) in [5.74, 6) is 0.532. The van der Waals surface area contributed by atoms with E-state index in [0.717, 1.165) is 70.0 Å². The van der Waals surface area contributed by atoms with Gasteiger partial charge >= 0.3 is 0 Å². The molecule has 2 amide bonds. The zero-order valence-electron chi connectivity index (χ0n) is 16.8. The summed E-state index contributed by atoms with van der Waals surface area (Å²) in [6, 6.07) is 7.82. The molecule has 0 radical (unpaired) electrons. The van der Waals surface area contributed by atoms with Gasteiger partial charge in [-0.1, -0.05) is 18.2 Å². The van der Waals surface area contributed by atoms with Gasteiger partial charge in [0.15, 0.2) is 0 Å². The Kier molecular flexibility index (Phi) is 5.97. The summed E-state index contributed by atoms with van der Waals surface area (Å²) < 4.78 is 5.41. The first-order chi connectivity index (χ1) is 13.6. The summed E-state index contributed by atoms with van der Waals surface area (Å²) in [6.45, 7) is 6.58. The van der Waals surface area contributed by atoms with Crippen molar-refractivity contribution in [3.63, 3.8) is 0 Å². The predicted octanol–water partition coefficient (Wildman–Crippen LogP) is 2.10. The number of piperidine rings is 1. The molecule has 0 aliphatic carbocycles. The largest absolute Gasteiger partial charge is 0.379 e. The minimum atomic E-state index is -0.326. The van der Waals surface area contributed by atoms with Crippen molar-refractivity contribution in [2.75, 3.05) is 57.9 Å². The van der Waals surface area contributed by atoms with Crippen LogP contribution in [0.2, 0.25) is 0 Å². The van der Waals surface area contributed by atoms with E-state index in [-0.39, 0.29) is 17.7 Å². The zero-order valence-corrected chi connectivity index (χ0v) is 16.8. The van der Waals surface area contributed by atoms with Crippen LogP contribution in [0.3, 0.4) is 0 Å². The van der Waals surface area contributed by atoms with Crippen LogP contribution in [0.15, 0.2) is 24.3 Å². The predicted molar refractivity (Wildman–Crippen MR) is 108 cm³/mol. The van der Waals surface area contributed by atoms with E-state index in [2.05, 4.69) is 4.90 Å². The quantitative estimate of drug-likeness (QED) is 0.779. The van der Waals surface area contributed by atoms with Gasteiger partial charge in [-0.15, -0.1) is 0 Å². The molecule has 3 aliphatic rings. The summed E-state index contributed by atoms with van der Waals surface area (Å²) in [4.78, 5) is 31.6. The third kappa shape index (κ3) is 4.08. The number of hydrogen-bond donors (Lipinski definition) is 0. The highest BCUT2D eigenvalue weighted by Crippen LogP contribution is 2.38. The maximum absolute atomic E-state index is 12.9. The van der Waals surface area contributed by atoms with Crippen molar-refractivity contribution in [3.8, 4) is 0 Å². The lowest BCUT2D eigenvalue weighted by molar-refractivity contribution is -0.135. The van der Waals surface area contributed by atoms with Gasteiger partial charge in [-0.2, -0.15) is 0 Å². The van der Waals surface area contributed by atoms with Crippen LogP contribution in [0.4, 0.5) is 5.69 Å². The van der Waals surface area contributed by atoms with Gasteiger partial charge in [-0.3, -0.25) is 14.5 Å². The number of nitrogens with zero attached hydrogens (tertiary/aromatic N) is 3. The molecule has 1 atom stereocenters. The lowest BCUT2D eigenvalue weighted by Gasteiger charge is -2.34. The van der Waals surface area contributed by atoms with Crippen molar-refractivity contribution < 1.29 is 14.3 Å². The Balaban J connectivity index is 1.26. The van der Waals surface area contributed by atoms with Gasteiger partial charge in [-0.25, -0.2) is 0 Å². The van der Waals surface area contributed by atoms with Gasteiger partial charge in [0.25, 0.3) is 0 Å². The summed E-state index contributed by atoms with van der Waals surface area (Å²) in [7, 11) is 1.80. The molecule has 0 spiro atoms. The van der Waals surface area contributed by atoms with E-state index in [1.54, 1.807) is 11.9 Å². The van der Waals surface area contributed by atoms with Crippen LogP contribution in [0, 0.1) is 5.92 Å². The van der Waals surface area contributed by atoms with Crippen LogP contribution in [-0.2, 0) is 14.3 Å². The summed E-state index contributed by atoms with van der Waals surface area (Å²) in [5, 5.41) is 0. The smallest absolute Gasteiger partial charge is 0.234 e. The maximum atomic E-state index is 12.9. The van der Waals surface area contributed by atoms with Crippen LogP contribution < -0.4 is 4.90 Å². The Morgan fingerprint density at radius 3 is 2.57 bits per heavy atom. The molecule has 0 saturated carbocycles. The molecule has 152 valence electrons. The molecule has 6 heteroatoms. The summed E-state index contributed by atoms with van der Waals surface area (Å²) in [5.41, 5.74) is 1.93. The van der Waals surface area contributed by atoms with Crippen molar-refractivity contribution in [2.24, 2.45) is 5.92 Å². The molecule has 2 saturated heterocycles. The Bertz CT molecular complexity index is 709. The van der Waals surface area contributed by atoms with Crippen molar-refractivity contribution in [1.82, 2.24) is 9.80 Å². The topological polar surface area (TPSA) is 53.1 Å². The number of amides is 2. The normalized spacial score (nSPS) is 23.9. The Labute approximate surface area is 167 Å². The highest BCUT2D eigenvalue weighted by Gasteiger charge is 2.37.